The van der Waals surface area contributed by atoms with Crippen LogP contribution in [0.1, 0.15) is 51.9 Å². The Kier molecular flexibility index (Phi) is 4.76. The fourth-order valence-corrected chi connectivity index (χ4v) is 3.85. The van der Waals surface area contributed by atoms with Gasteiger partial charge in [-0.1, -0.05) is 13.3 Å². The normalized spacial score (nSPS) is 32.6. The average Bonchev–Trinajstić information content (AvgIpc) is 3.06. The summed E-state index contributed by atoms with van der Waals surface area (Å²) in [5, 5.41) is 13.2. The Bertz CT molecular complexity index is 282. The molecule has 0 spiro atoms. The molecule has 2 atom stereocenters. The van der Waals surface area contributed by atoms with E-state index in [0.29, 0.717) is 12.0 Å². The smallest absolute Gasteiger partial charge is 0.109 e. The Hall–Kier alpha value is -0.200. The van der Waals surface area contributed by atoms with Crippen LogP contribution in [0, 0.1) is 17.2 Å². The molecule has 96 valence electrons. The molecule has 2 saturated carbocycles. The highest BCUT2D eigenvalue weighted by Crippen LogP contribution is 2.40. The van der Waals surface area contributed by atoms with Crippen molar-refractivity contribution in [2.24, 2.45) is 5.92 Å². The van der Waals surface area contributed by atoms with E-state index in [2.05, 4.69) is 18.3 Å². The summed E-state index contributed by atoms with van der Waals surface area (Å²) in [5.74, 6) is 3.09. The maximum atomic E-state index is 9.55. The highest BCUT2D eigenvalue weighted by atomic mass is 32.2. The summed E-state index contributed by atoms with van der Waals surface area (Å²) >= 11 is 2.05. The monoisotopic (exact) mass is 252 g/mol. The van der Waals surface area contributed by atoms with Crippen molar-refractivity contribution in [1.82, 2.24) is 5.32 Å². The summed E-state index contributed by atoms with van der Waals surface area (Å²) in [6.07, 6.45) is 8.60. The summed E-state index contributed by atoms with van der Waals surface area (Å²) in [5.41, 5.74) is -0.173. The first-order valence-corrected chi connectivity index (χ1v) is 8.23. The molecule has 0 radical (unpaired) electrons. The Balaban J connectivity index is 1.83. The molecule has 2 aliphatic carbocycles. The number of thioether (sulfide) groups is 1. The largest absolute Gasteiger partial charge is 0.296 e. The van der Waals surface area contributed by atoms with Gasteiger partial charge in [-0.2, -0.15) is 17.0 Å². The van der Waals surface area contributed by atoms with Crippen LogP contribution in [0.5, 0.6) is 0 Å². The maximum absolute atomic E-state index is 9.55. The van der Waals surface area contributed by atoms with Crippen LogP contribution in [0.3, 0.4) is 0 Å². The second-order valence-electron chi connectivity index (χ2n) is 5.49. The molecule has 17 heavy (non-hydrogen) atoms. The molecule has 2 fully saturated rings. The first-order valence-electron chi connectivity index (χ1n) is 7.07. The van der Waals surface area contributed by atoms with Crippen molar-refractivity contribution in [3.05, 3.63) is 0 Å². The zero-order chi connectivity index (χ0) is 12.1. The summed E-state index contributed by atoms with van der Waals surface area (Å²) in [4.78, 5) is 0. The van der Waals surface area contributed by atoms with E-state index >= 15 is 0 Å². The van der Waals surface area contributed by atoms with Gasteiger partial charge in [-0.05, 0) is 55.9 Å². The van der Waals surface area contributed by atoms with Crippen LogP contribution < -0.4 is 5.32 Å². The Morgan fingerprint density at radius 2 is 2.18 bits per heavy atom. The number of nitriles is 1. The van der Waals surface area contributed by atoms with E-state index in [4.69, 9.17) is 0 Å². The molecule has 0 aromatic carbocycles. The van der Waals surface area contributed by atoms with Gasteiger partial charge in [0.05, 0.1) is 6.07 Å². The van der Waals surface area contributed by atoms with Crippen LogP contribution in [-0.2, 0) is 0 Å². The van der Waals surface area contributed by atoms with Gasteiger partial charge in [0.1, 0.15) is 5.54 Å². The SMILES string of the molecule is CCCSCCC1CCCC1(C#N)NC1CC1. The van der Waals surface area contributed by atoms with Gasteiger partial charge in [0.15, 0.2) is 0 Å². The number of nitrogens with one attached hydrogen (secondary N) is 1. The fraction of sp³-hybridized carbons (Fsp3) is 0.929. The average molecular weight is 252 g/mol. The van der Waals surface area contributed by atoms with Crippen molar-refractivity contribution in [1.29, 1.82) is 5.26 Å². The standard InChI is InChI=1S/C14H24N2S/c1-2-9-17-10-7-12-4-3-8-14(12,11-15)16-13-5-6-13/h12-13,16H,2-10H2,1H3. The van der Waals surface area contributed by atoms with E-state index < -0.39 is 0 Å². The number of nitrogens with zero attached hydrogens (tertiary/aromatic N) is 1. The van der Waals surface area contributed by atoms with Crippen molar-refractivity contribution in [3.8, 4) is 6.07 Å². The molecule has 1 N–H and O–H groups in total. The molecule has 2 nitrogen and oxygen atoms in total. The molecule has 2 unspecified atom stereocenters. The fourth-order valence-electron chi connectivity index (χ4n) is 2.90. The molecule has 0 amide bonds. The molecular weight excluding hydrogens is 228 g/mol. The van der Waals surface area contributed by atoms with Crippen LogP contribution in [0.15, 0.2) is 0 Å². The topological polar surface area (TPSA) is 35.8 Å². The van der Waals surface area contributed by atoms with Gasteiger partial charge in [0, 0.05) is 6.04 Å². The van der Waals surface area contributed by atoms with Crippen LogP contribution in [0.2, 0.25) is 0 Å². The van der Waals surface area contributed by atoms with Crippen molar-refractivity contribution in [2.45, 2.75) is 63.5 Å². The van der Waals surface area contributed by atoms with E-state index in [1.165, 1.54) is 50.0 Å². The van der Waals surface area contributed by atoms with Crippen molar-refractivity contribution < 1.29 is 0 Å². The van der Waals surface area contributed by atoms with Crippen molar-refractivity contribution >= 4 is 11.8 Å². The van der Waals surface area contributed by atoms with E-state index in [0.717, 1.165) is 6.42 Å². The first-order chi connectivity index (χ1) is 8.30. The lowest BCUT2D eigenvalue weighted by atomic mass is 9.86. The van der Waals surface area contributed by atoms with Crippen LogP contribution in [0.4, 0.5) is 0 Å². The van der Waals surface area contributed by atoms with Crippen LogP contribution >= 0.6 is 11.8 Å². The highest BCUT2D eigenvalue weighted by Gasteiger charge is 2.45. The van der Waals surface area contributed by atoms with Crippen molar-refractivity contribution in [2.75, 3.05) is 11.5 Å². The number of rotatable bonds is 7. The molecule has 2 aliphatic rings. The van der Waals surface area contributed by atoms with E-state index in [1.807, 2.05) is 11.8 Å². The maximum Gasteiger partial charge on any atom is 0.109 e. The minimum Gasteiger partial charge on any atom is -0.296 e. The van der Waals surface area contributed by atoms with Gasteiger partial charge in [-0.3, -0.25) is 5.32 Å². The number of hydrogen-bond acceptors (Lipinski definition) is 3. The van der Waals surface area contributed by atoms with Gasteiger partial charge < -0.3 is 0 Å². The summed E-state index contributed by atoms with van der Waals surface area (Å²) in [6.45, 7) is 2.23. The van der Waals surface area contributed by atoms with Crippen LogP contribution in [-0.4, -0.2) is 23.1 Å². The number of hydrogen-bond donors (Lipinski definition) is 1. The second-order valence-corrected chi connectivity index (χ2v) is 6.72. The molecule has 0 heterocycles. The predicted octanol–water partition coefficient (Wildman–Crippen LogP) is 3.33. The molecule has 0 aliphatic heterocycles. The third-order valence-corrected chi connectivity index (χ3v) is 5.24. The van der Waals surface area contributed by atoms with Gasteiger partial charge in [0.25, 0.3) is 0 Å². The first kappa shape index (κ1) is 13.2. The highest BCUT2D eigenvalue weighted by molar-refractivity contribution is 7.99. The van der Waals surface area contributed by atoms with Gasteiger partial charge in [0.2, 0.25) is 0 Å². The minimum atomic E-state index is -0.173. The molecule has 0 aromatic rings. The Morgan fingerprint density at radius 1 is 1.35 bits per heavy atom. The molecule has 0 aromatic heterocycles. The second kappa shape index (κ2) is 6.11. The summed E-state index contributed by atoms with van der Waals surface area (Å²) in [7, 11) is 0. The Morgan fingerprint density at radius 3 is 2.82 bits per heavy atom. The predicted molar refractivity (Wildman–Crippen MR) is 74.1 cm³/mol. The minimum absolute atomic E-state index is 0.173. The van der Waals surface area contributed by atoms with Crippen LogP contribution in [0.25, 0.3) is 0 Å². The zero-order valence-corrected chi connectivity index (χ0v) is 11.7. The summed E-state index contributed by atoms with van der Waals surface area (Å²) < 4.78 is 0. The van der Waals surface area contributed by atoms with Gasteiger partial charge in [-0.15, -0.1) is 0 Å². The van der Waals surface area contributed by atoms with Crippen molar-refractivity contribution in [3.63, 3.8) is 0 Å². The Labute approximate surface area is 110 Å². The molecule has 2 rings (SSSR count). The summed E-state index contributed by atoms with van der Waals surface area (Å²) in [6, 6.07) is 3.27. The lowest BCUT2D eigenvalue weighted by molar-refractivity contribution is 0.308. The molecule has 3 heteroatoms. The third-order valence-electron chi connectivity index (χ3n) is 4.02. The quantitative estimate of drug-likeness (QED) is 0.706. The van der Waals surface area contributed by atoms with Gasteiger partial charge in [-0.25, -0.2) is 0 Å². The molecule has 0 saturated heterocycles. The lowest BCUT2D eigenvalue weighted by Gasteiger charge is -2.30. The third kappa shape index (κ3) is 3.39. The van der Waals surface area contributed by atoms with E-state index in [-0.39, 0.29) is 5.54 Å². The van der Waals surface area contributed by atoms with E-state index in [9.17, 15) is 5.26 Å². The van der Waals surface area contributed by atoms with E-state index in [1.54, 1.807) is 0 Å². The van der Waals surface area contributed by atoms with Gasteiger partial charge >= 0.3 is 0 Å². The zero-order valence-electron chi connectivity index (χ0n) is 10.9. The molecule has 0 bridgehead atoms. The lowest BCUT2D eigenvalue weighted by Crippen LogP contribution is -2.48. The molecular formula is C14H24N2S.